The summed E-state index contributed by atoms with van der Waals surface area (Å²) in [4.78, 5) is 0. The van der Waals surface area contributed by atoms with Gasteiger partial charge in [0.25, 0.3) is 0 Å². The van der Waals surface area contributed by atoms with Crippen molar-refractivity contribution in [3.8, 4) is 0 Å². The minimum absolute atomic E-state index is 0.191. The van der Waals surface area contributed by atoms with E-state index in [0.29, 0.717) is 12.0 Å². The summed E-state index contributed by atoms with van der Waals surface area (Å²) in [5.74, 6) is -1.72. The molecule has 0 saturated carbocycles. The zero-order valence-electron chi connectivity index (χ0n) is 8.85. The van der Waals surface area contributed by atoms with E-state index in [1.165, 1.54) is 6.07 Å². The topological polar surface area (TPSA) is 20.2 Å². The van der Waals surface area contributed by atoms with Crippen LogP contribution >= 0.6 is 0 Å². The van der Waals surface area contributed by atoms with E-state index in [1.54, 1.807) is 0 Å². The van der Waals surface area contributed by atoms with Crippen LogP contribution < -0.4 is 0 Å². The van der Waals surface area contributed by atoms with E-state index >= 15 is 0 Å². The molecule has 1 nitrogen and oxygen atoms in total. The van der Waals surface area contributed by atoms with Crippen molar-refractivity contribution < 1.29 is 13.9 Å². The molecule has 1 atom stereocenters. The highest BCUT2D eigenvalue weighted by Crippen LogP contribution is 2.42. The van der Waals surface area contributed by atoms with E-state index < -0.39 is 17.7 Å². The lowest BCUT2D eigenvalue weighted by molar-refractivity contribution is 0.138. The lowest BCUT2D eigenvalue weighted by Gasteiger charge is -2.35. The predicted molar refractivity (Wildman–Crippen MR) is 53.6 cm³/mol. The summed E-state index contributed by atoms with van der Waals surface area (Å²) >= 11 is 0. The lowest BCUT2D eigenvalue weighted by Crippen LogP contribution is -2.26. The van der Waals surface area contributed by atoms with Gasteiger partial charge in [-0.2, -0.15) is 0 Å². The van der Waals surface area contributed by atoms with Crippen LogP contribution in [0.3, 0.4) is 0 Å². The van der Waals surface area contributed by atoms with E-state index in [0.717, 1.165) is 18.1 Å². The molecule has 0 spiro atoms. The number of fused-ring (bicyclic) bond motifs is 1. The number of hydrogen-bond donors (Lipinski definition) is 1. The van der Waals surface area contributed by atoms with Gasteiger partial charge in [-0.15, -0.1) is 0 Å². The maximum atomic E-state index is 13.1. The lowest BCUT2D eigenvalue weighted by atomic mass is 9.72. The van der Waals surface area contributed by atoms with E-state index in [2.05, 4.69) is 0 Å². The average molecular weight is 212 g/mol. The number of aliphatic hydroxyl groups excluding tert-OH is 1. The summed E-state index contributed by atoms with van der Waals surface area (Å²) in [7, 11) is 0. The Kier molecular flexibility index (Phi) is 2.30. The molecule has 0 aromatic heterocycles. The number of aliphatic hydroxyl groups is 1. The minimum Gasteiger partial charge on any atom is -0.388 e. The van der Waals surface area contributed by atoms with Crippen LogP contribution in [0.1, 0.15) is 43.9 Å². The fourth-order valence-corrected chi connectivity index (χ4v) is 2.21. The molecular formula is C12H14F2O. The third-order valence-corrected chi connectivity index (χ3v) is 3.22. The summed E-state index contributed by atoms with van der Waals surface area (Å²) in [6.07, 6.45) is 0.722. The standard InChI is InChI=1S/C12H14F2O/c1-12(2)4-3-11(15)7-5-9(13)10(14)6-8(7)12/h5-6,11,15H,3-4H2,1-2H3. The molecule has 3 heteroatoms. The van der Waals surface area contributed by atoms with Crippen LogP contribution in [0.15, 0.2) is 12.1 Å². The van der Waals surface area contributed by atoms with Crippen LogP contribution in [0, 0.1) is 11.6 Å². The highest BCUT2D eigenvalue weighted by atomic mass is 19.2. The molecule has 82 valence electrons. The highest BCUT2D eigenvalue weighted by molar-refractivity contribution is 5.38. The van der Waals surface area contributed by atoms with E-state index in [4.69, 9.17) is 0 Å². The summed E-state index contributed by atoms with van der Waals surface area (Å²) < 4.78 is 26.2. The average Bonchev–Trinajstić information content (AvgIpc) is 2.16. The molecule has 0 saturated heterocycles. The first kappa shape index (κ1) is 10.6. The van der Waals surface area contributed by atoms with Gasteiger partial charge in [-0.05, 0) is 41.5 Å². The Balaban J connectivity index is 2.63. The van der Waals surface area contributed by atoms with Crippen LogP contribution in [0.25, 0.3) is 0 Å². The second kappa shape index (κ2) is 3.27. The van der Waals surface area contributed by atoms with E-state index in [9.17, 15) is 13.9 Å². The van der Waals surface area contributed by atoms with Gasteiger partial charge >= 0.3 is 0 Å². The zero-order valence-corrected chi connectivity index (χ0v) is 8.85. The van der Waals surface area contributed by atoms with Gasteiger partial charge in [-0.1, -0.05) is 13.8 Å². The van der Waals surface area contributed by atoms with Crippen molar-refractivity contribution in [2.45, 2.75) is 38.2 Å². The number of benzene rings is 1. The van der Waals surface area contributed by atoms with Crippen molar-refractivity contribution >= 4 is 0 Å². The van der Waals surface area contributed by atoms with E-state index in [-0.39, 0.29) is 5.41 Å². The van der Waals surface area contributed by atoms with Crippen LogP contribution in [-0.4, -0.2) is 5.11 Å². The Morgan fingerprint density at radius 2 is 1.87 bits per heavy atom. The largest absolute Gasteiger partial charge is 0.388 e. The monoisotopic (exact) mass is 212 g/mol. The minimum atomic E-state index is -0.884. The van der Waals surface area contributed by atoms with Gasteiger partial charge in [0.2, 0.25) is 0 Å². The Hall–Kier alpha value is -0.960. The first-order valence-electron chi connectivity index (χ1n) is 5.09. The maximum absolute atomic E-state index is 13.1. The molecule has 1 aliphatic carbocycles. The molecule has 0 heterocycles. The predicted octanol–water partition coefficient (Wildman–Crippen LogP) is 3.07. The van der Waals surface area contributed by atoms with Gasteiger partial charge in [0.05, 0.1) is 6.10 Å². The van der Waals surface area contributed by atoms with Crippen molar-refractivity contribution in [3.05, 3.63) is 34.9 Å². The van der Waals surface area contributed by atoms with Crippen molar-refractivity contribution in [2.24, 2.45) is 0 Å². The van der Waals surface area contributed by atoms with Crippen molar-refractivity contribution in [1.82, 2.24) is 0 Å². The first-order valence-corrected chi connectivity index (χ1v) is 5.09. The molecular weight excluding hydrogens is 198 g/mol. The van der Waals surface area contributed by atoms with Gasteiger partial charge in [-0.3, -0.25) is 0 Å². The number of rotatable bonds is 0. The quantitative estimate of drug-likeness (QED) is 0.700. The third-order valence-electron chi connectivity index (χ3n) is 3.22. The van der Waals surface area contributed by atoms with Gasteiger partial charge in [0, 0.05) is 0 Å². The van der Waals surface area contributed by atoms with Crippen LogP contribution in [0.4, 0.5) is 8.78 Å². The first-order chi connectivity index (χ1) is 6.92. The van der Waals surface area contributed by atoms with Crippen molar-refractivity contribution in [1.29, 1.82) is 0 Å². The Morgan fingerprint density at radius 1 is 1.27 bits per heavy atom. The van der Waals surface area contributed by atoms with E-state index in [1.807, 2.05) is 13.8 Å². The highest BCUT2D eigenvalue weighted by Gasteiger charge is 2.32. The molecule has 0 bridgehead atoms. The second-order valence-corrected chi connectivity index (χ2v) is 4.79. The summed E-state index contributed by atoms with van der Waals surface area (Å²) in [5.41, 5.74) is 1.06. The molecule has 0 aliphatic heterocycles. The molecule has 0 amide bonds. The molecule has 1 N–H and O–H groups in total. The SMILES string of the molecule is CC1(C)CCC(O)c2cc(F)c(F)cc21. The summed E-state index contributed by atoms with van der Waals surface area (Å²) in [5, 5.41) is 9.72. The smallest absolute Gasteiger partial charge is 0.159 e. The molecule has 15 heavy (non-hydrogen) atoms. The zero-order chi connectivity index (χ0) is 11.2. The third kappa shape index (κ3) is 1.65. The van der Waals surface area contributed by atoms with Gasteiger partial charge in [0.1, 0.15) is 0 Å². The van der Waals surface area contributed by atoms with Crippen molar-refractivity contribution in [2.75, 3.05) is 0 Å². The Morgan fingerprint density at radius 3 is 2.53 bits per heavy atom. The number of hydrogen-bond acceptors (Lipinski definition) is 1. The summed E-state index contributed by atoms with van der Waals surface area (Å²) in [6.45, 7) is 3.96. The van der Waals surface area contributed by atoms with Crippen molar-refractivity contribution in [3.63, 3.8) is 0 Å². The molecule has 1 aliphatic rings. The fourth-order valence-electron chi connectivity index (χ4n) is 2.21. The molecule has 0 radical (unpaired) electrons. The van der Waals surface area contributed by atoms with Crippen LogP contribution in [-0.2, 0) is 5.41 Å². The van der Waals surface area contributed by atoms with Crippen LogP contribution in [0.5, 0.6) is 0 Å². The van der Waals surface area contributed by atoms with Gasteiger partial charge in [-0.25, -0.2) is 8.78 Å². The molecule has 1 aromatic carbocycles. The summed E-state index contributed by atoms with van der Waals surface area (Å²) in [6, 6.07) is 2.34. The second-order valence-electron chi connectivity index (χ2n) is 4.79. The van der Waals surface area contributed by atoms with Gasteiger partial charge in [0.15, 0.2) is 11.6 Å². The Bertz CT molecular complexity index is 399. The fraction of sp³-hybridized carbons (Fsp3) is 0.500. The molecule has 1 aromatic rings. The molecule has 1 unspecified atom stereocenters. The number of halogens is 2. The molecule has 0 fully saturated rings. The maximum Gasteiger partial charge on any atom is 0.159 e. The van der Waals surface area contributed by atoms with Gasteiger partial charge < -0.3 is 5.11 Å². The Labute approximate surface area is 87.7 Å². The normalized spacial score (nSPS) is 23.7. The van der Waals surface area contributed by atoms with Crippen LogP contribution in [0.2, 0.25) is 0 Å². The molecule has 2 rings (SSSR count).